The molecule has 0 amide bonds. The van der Waals surface area contributed by atoms with Crippen LogP contribution in [-0.2, 0) is 0 Å². The zero-order chi connectivity index (χ0) is 8.55. The molecule has 0 N–H and O–H groups in total. The molecule has 1 atom stereocenters. The van der Waals surface area contributed by atoms with E-state index in [1.165, 1.54) is 38.8 Å². The highest BCUT2D eigenvalue weighted by Gasteiger charge is 2.32. The highest BCUT2D eigenvalue weighted by molar-refractivity contribution is 4.88. The Hall–Kier alpha value is -0.0400. The number of nitrogens with zero attached hydrogens (tertiary/aromatic N) is 1. The average molecular weight is 167 g/mol. The second-order valence-corrected chi connectivity index (χ2v) is 4.87. The van der Waals surface area contributed by atoms with Crippen molar-refractivity contribution in [3.8, 4) is 0 Å². The summed E-state index contributed by atoms with van der Waals surface area (Å²) >= 11 is 0. The first-order valence-corrected chi connectivity index (χ1v) is 5.51. The van der Waals surface area contributed by atoms with E-state index in [1.54, 1.807) is 0 Å². The number of piperidine rings is 1. The Bertz CT molecular complexity index is 141. The molecule has 1 aliphatic carbocycles. The predicted octanol–water partition coefficient (Wildman–Crippen LogP) is 2.52. The van der Waals surface area contributed by atoms with Gasteiger partial charge in [-0.1, -0.05) is 13.8 Å². The highest BCUT2D eigenvalue weighted by Crippen LogP contribution is 2.32. The van der Waals surface area contributed by atoms with Crippen LogP contribution in [0.4, 0.5) is 0 Å². The molecule has 0 radical (unpaired) electrons. The molecule has 1 heteroatoms. The fourth-order valence-electron chi connectivity index (χ4n) is 2.36. The molecule has 1 heterocycles. The fraction of sp³-hybridized carbons (Fsp3) is 1.00. The van der Waals surface area contributed by atoms with E-state index < -0.39 is 0 Å². The molecule has 0 aromatic rings. The van der Waals surface area contributed by atoms with E-state index in [2.05, 4.69) is 18.7 Å². The van der Waals surface area contributed by atoms with Crippen LogP contribution in [0.25, 0.3) is 0 Å². The van der Waals surface area contributed by atoms with Gasteiger partial charge in [-0.15, -0.1) is 0 Å². The van der Waals surface area contributed by atoms with Gasteiger partial charge in [0.15, 0.2) is 0 Å². The van der Waals surface area contributed by atoms with Crippen molar-refractivity contribution in [2.75, 3.05) is 13.1 Å². The van der Waals surface area contributed by atoms with Crippen LogP contribution in [0, 0.1) is 11.8 Å². The number of hydrogen-bond donors (Lipinski definition) is 0. The zero-order valence-electron chi connectivity index (χ0n) is 8.42. The first-order chi connectivity index (χ1) is 5.77. The number of hydrogen-bond acceptors (Lipinski definition) is 1. The Morgan fingerprint density at radius 2 is 1.92 bits per heavy atom. The minimum atomic E-state index is 0.895. The van der Waals surface area contributed by atoms with Gasteiger partial charge in [-0.3, -0.25) is 0 Å². The summed E-state index contributed by atoms with van der Waals surface area (Å²) in [6, 6.07) is 0.992. The molecule has 2 aliphatic rings. The van der Waals surface area contributed by atoms with Crippen molar-refractivity contribution in [3.63, 3.8) is 0 Å². The lowest BCUT2D eigenvalue weighted by Gasteiger charge is -2.34. The van der Waals surface area contributed by atoms with Gasteiger partial charge in [0, 0.05) is 12.6 Å². The van der Waals surface area contributed by atoms with Crippen molar-refractivity contribution in [3.05, 3.63) is 0 Å². The second-order valence-electron chi connectivity index (χ2n) is 4.87. The lowest BCUT2D eigenvalue weighted by Crippen LogP contribution is -2.38. The summed E-state index contributed by atoms with van der Waals surface area (Å²) in [6.07, 6.45) is 5.87. The Morgan fingerprint density at radius 3 is 2.50 bits per heavy atom. The molecule has 1 nitrogen and oxygen atoms in total. The van der Waals surface area contributed by atoms with Gasteiger partial charge in [0.25, 0.3) is 0 Å². The third-order valence-corrected chi connectivity index (χ3v) is 3.50. The quantitative estimate of drug-likeness (QED) is 0.611. The molecule has 1 saturated carbocycles. The van der Waals surface area contributed by atoms with Gasteiger partial charge < -0.3 is 4.90 Å². The molecular formula is C11H21N. The third-order valence-electron chi connectivity index (χ3n) is 3.50. The third kappa shape index (κ3) is 1.82. The summed E-state index contributed by atoms with van der Waals surface area (Å²) in [7, 11) is 0. The van der Waals surface area contributed by atoms with Gasteiger partial charge >= 0.3 is 0 Å². The van der Waals surface area contributed by atoms with Gasteiger partial charge in [0.1, 0.15) is 0 Å². The lowest BCUT2D eigenvalue weighted by atomic mass is 9.88. The minimum absolute atomic E-state index is 0.895. The maximum Gasteiger partial charge on any atom is 0.00965 e. The van der Waals surface area contributed by atoms with Crippen molar-refractivity contribution in [2.45, 2.75) is 45.6 Å². The van der Waals surface area contributed by atoms with E-state index in [0.29, 0.717) is 0 Å². The first kappa shape index (κ1) is 8.55. The van der Waals surface area contributed by atoms with Crippen molar-refractivity contribution in [1.82, 2.24) is 4.90 Å². The topological polar surface area (TPSA) is 3.24 Å². The van der Waals surface area contributed by atoms with Crippen LogP contribution >= 0.6 is 0 Å². The van der Waals surface area contributed by atoms with Crippen LogP contribution in [0.15, 0.2) is 0 Å². The van der Waals surface area contributed by atoms with Crippen molar-refractivity contribution in [2.24, 2.45) is 11.8 Å². The van der Waals surface area contributed by atoms with Crippen LogP contribution in [-0.4, -0.2) is 24.0 Å². The van der Waals surface area contributed by atoms with Gasteiger partial charge in [-0.2, -0.15) is 0 Å². The van der Waals surface area contributed by atoms with Crippen molar-refractivity contribution < 1.29 is 0 Å². The molecule has 0 spiro atoms. The first-order valence-electron chi connectivity index (χ1n) is 5.51. The molecule has 70 valence electrons. The maximum absolute atomic E-state index is 2.73. The average Bonchev–Trinajstić information content (AvgIpc) is 2.87. The van der Waals surface area contributed by atoms with E-state index in [-0.39, 0.29) is 0 Å². The van der Waals surface area contributed by atoms with Gasteiger partial charge in [0.2, 0.25) is 0 Å². The summed E-state index contributed by atoms with van der Waals surface area (Å²) in [4.78, 5) is 2.73. The zero-order valence-corrected chi connectivity index (χ0v) is 8.42. The van der Waals surface area contributed by atoms with E-state index in [0.717, 1.165) is 17.9 Å². The summed E-state index contributed by atoms with van der Waals surface area (Å²) < 4.78 is 0. The smallest absolute Gasteiger partial charge is 0.00965 e. The molecular weight excluding hydrogens is 146 g/mol. The molecule has 12 heavy (non-hydrogen) atoms. The SMILES string of the molecule is CC(C)C1CCCN(C2CC2)C1. The Balaban J connectivity index is 1.85. The van der Waals surface area contributed by atoms with E-state index >= 15 is 0 Å². The number of likely N-dealkylation sites (tertiary alicyclic amines) is 1. The fourth-order valence-corrected chi connectivity index (χ4v) is 2.36. The van der Waals surface area contributed by atoms with Crippen LogP contribution in [0.1, 0.15) is 39.5 Å². The summed E-state index contributed by atoms with van der Waals surface area (Å²) in [5.41, 5.74) is 0. The lowest BCUT2D eigenvalue weighted by molar-refractivity contribution is 0.138. The largest absolute Gasteiger partial charge is 0.300 e. The summed E-state index contributed by atoms with van der Waals surface area (Å²) in [5.74, 6) is 1.88. The van der Waals surface area contributed by atoms with Crippen LogP contribution in [0.5, 0.6) is 0 Å². The predicted molar refractivity (Wildman–Crippen MR) is 52.2 cm³/mol. The van der Waals surface area contributed by atoms with Gasteiger partial charge in [-0.05, 0) is 44.1 Å². The van der Waals surface area contributed by atoms with Crippen molar-refractivity contribution >= 4 is 0 Å². The van der Waals surface area contributed by atoms with Gasteiger partial charge in [-0.25, -0.2) is 0 Å². The summed E-state index contributed by atoms with van der Waals surface area (Å²) in [5, 5.41) is 0. The Labute approximate surface area is 76.1 Å². The molecule has 0 aromatic heterocycles. The number of rotatable bonds is 2. The molecule has 1 unspecified atom stereocenters. The molecule has 0 bridgehead atoms. The molecule has 2 rings (SSSR count). The standard InChI is InChI=1S/C11H21N/c1-9(2)10-4-3-7-12(8-10)11-5-6-11/h9-11H,3-8H2,1-2H3. The summed E-state index contributed by atoms with van der Waals surface area (Å²) in [6.45, 7) is 7.53. The second kappa shape index (κ2) is 3.37. The minimum Gasteiger partial charge on any atom is -0.300 e. The molecule has 1 aliphatic heterocycles. The normalized spacial score (nSPS) is 32.8. The van der Waals surface area contributed by atoms with Crippen LogP contribution in [0.2, 0.25) is 0 Å². The van der Waals surface area contributed by atoms with Crippen molar-refractivity contribution in [1.29, 1.82) is 0 Å². The maximum atomic E-state index is 2.73. The highest BCUT2D eigenvalue weighted by atomic mass is 15.2. The van der Waals surface area contributed by atoms with E-state index in [4.69, 9.17) is 0 Å². The monoisotopic (exact) mass is 167 g/mol. The van der Waals surface area contributed by atoms with E-state index in [9.17, 15) is 0 Å². The van der Waals surface area contributed by atoms with Crippen LogP contribution in [0.3, 0.4) is 0 Å². The molecule has 1 saturated heterocycles. The molecule has 2 fully saturated rings. The van der Waals surface area contributed by atoms with E-state index in [1.807, 2.05) is 0 Å². The Kier molecular flexibility index (Phi) is 2.40. The van der Waals surface area contributed by atoms with Gasteiger partial charge in [0.05, 0.1) is 0 Å². The molecule has 0 aromatic carbocycles. The Morgan fingerprint density at radius 1 is 1.17 bits per heavy atom. The van der Waals surface area contributed by atoms with Crippen LogP contribution < -0.4 is 0 Å².